The highest BCUT2D eigenvalue weighted by atomic mass is 19.4. The molecule has 0 bridgehead atoms. The summed E-state index contributed by atoms with van der Waals surface area (Å²) in [7, 11) is 2.76. The lowest BCUT2D eigenvalue weighted by molar-refractivity contribution is -0.141. The largest absolute Gasteiger partial charge is 0.465 e. The van der Waals surface area contributed by atoms with Gasteiger partial charge in [-0.3, -0.25) is 4.99 Å². The van der Waals surface area contributed by atoms with Gasteiger partial charge >= 0.3 is 12.1 Å². The van der Waals surface area contributed by atoms with E-state index < -0.39 is 17.8 Å². The van der Waals surface area contributed by atoms with Crippen molar-refractivity contribution < 1.29 is 27.4 Å². The third-order valence-electron chi connectivity index (χ3n) is 3.71. The number of nitrogens with zero attached hydrogens (tertiary/aromatic N) is 2. The number of aliphatic imine (C=N–C) groups is 1. The smallest absolute Gasteiger partial charge is 0.433 e. The van der Waals surface area contributed by atoms with Gasteiger partial charge in [-0.15, -0.1) is 0 Å². The van der Waals surface area contributed by atoms with Gasteiger partial charge in [0.1, 0.15) is 11.4 Å². The van der Waals surface area contributed by atoms with Crippen molar-refractivity contribution in [1.82, 2.24) is 4.98 Å². The molecule has 2 aromatic rings. The summed E-state index contributed by atoms with van der Waals surface area (Å²) in [6, 6.07) is 8.76. The van der Waals surface area contributed by atoms with Gasteiger partial charge in [-0.05, 0) is 24.6 Å². The Hall–Kier alpha value is -3.16. The normalized spacial score (nSPS) is 12.6. The van der Waals surface area contributed by atoms with Crippen molar-refractivity contribution >= 4 is 17.4 Å². The molecule has 148 valence electrons. The summed E-state index contributed by atoms with van der Waals surface area (Å²) in [5, 5.41) is 0. The number of alkyl halides is 3. The zero-order chi connectivity index (χ0) is 20.7. The van der Waals surface area contributed by atoms with E-state index >= 15 is 0 Å². The van der Waals surface area contributed by atoms with Gasteiger partial charge < -0.3 is 9.47 Å². The van der Waals surface area contributed by atoms with Crippen molar-refractivity contribution in [3.63, 3.8) is 0 Å². The molecule has 0 spiro atoms. The van der Waals surface area contributed by atoms with Crippen LogP contribution < -0.4 is 4.74 Å². The molecule has 0 fully saturated rings. The molecule has 5 nitrogen and oxygen atoms in total. The maximum atomic E-state index is 12.7. The van der Waals surface area contributed by atoms with Gasteiger partial charge in [0.25, 0.3) is 0 Å². The van der Waals surface area contributed by atoms with E-state index in [9.17, 15) is 18.0 Å². The van der Waals surface area contributed by atoms with Crippen molar-refractivity contribution in [2.45, 2.75) is 19.5 Å². The second-order valence-electron chi connectivity index (χ2n) is 5.57. The zero-order valence-electron chi connectivity index (χ0n) is 15.6. The maximum absolute atomic E-state index is 12.7. The Morgan fingerprint density at radius 3 is 2.36 bits per heavy atom. The number of pyridine rings is 1. The van der Waals surface area contributed by atoms with Gasteiger partial charge in [0, 0.05) is 18.2 Å². The standard InChI is InChI=1S/C20H19F3N2O3/c1-4-7-15(14-8-5-6-9-16(14)19(26)27-3)18(24-2)28-13-10-11-17(25-12-13)20(21,22)23/h5-12H,4H2,1-3H3/b15-7-,24-18?. The summed E-state index contributed by atoms with van der Waals surface area (Å²) >= 11 is 0. The second kappa shape index (κ2) is 9.16. The van der Waals surface area contributed by atoms with Gasteiger partial charge in [0.2, 0.25) is 5.90 Å². The molecule has 0 saturated heterocycles. The highest BCUT2D eigenvalue weighted by Crippen LogP contribution is 2.29. The van der Waals surface area contributed by atoms with Crippen molar-refractivity contribution in [2.75, 3.05) is 14.2 Å². The van der Waals surface area contributed by atoms with E-state index in [0.29, 0.717) is 23.1 Å². The fraction of sp³-hybridized carbons (Fsp3) is 0.250. The van der Waals surface area contributed by atoms with E-state index in [1.54, 1.807) is 24.3 Å². The van der Waals surface area contributed by atoms with Crippen LogP contribution in [0.5, 0.6) is 5.75 Å². The highest BCUT2D eigenvalue weighted by molar-refractivity contribution is 6.22. The van der Waals surface area contributed by atoms with Gasteiger partial charge in [-0.1, -0.05) is 31.2 Å². The fourth-order valence-electron chi connectivity index (χ4n) is 2.46. The maximum Gasteiger partial charge on any atom is 0.433 e. The average molecular weight is 392 g/mol. The lowest BCUT2D eigenvalue weighted by atomic mass is 9.98. The molecule has 0 atom stereocenters. The number of rotatable bonds is 5. The van der Waals surface area contributed by atoms with Crippen LogP contribution in [0, 0.1) is 0 Å². The number of ether oxygens (including phenoxy) is 2. The average Bonchev–Trinajstić information content (AvgIpc) is 2.69. The number of hydrogen-bond donors (Lipinski definition) is 0. The predicted octanol–water partition coefficient (Wildman–Crippen LogP) is 4.79. The van der Waals surface area contributed by atoms with Crippen LogP contribution in [0.4, 0.5) is 13.2 Å². The Morgan fingerprint density at radius 1 is 1.18 bits per heavy atom. The first kappa shape index (κ1) is 21.1. The molecule has 0 unspecified atom stereocenters. The first-order valence-electron chi connectivity index (χ1n) is 8.38. The van der Waals surface area contributed by atoms with Crippen LogP contribution in [0.25, 0.3) is 5.57 Å². The van der Waals surface area contributed by atoms with Crippen LogP contribution in [-0.2, 0) is 10.9 Å². The minimum absolute atomic E-state index is 0.0890. The first-order valence-corrected chi connectivity index (χ1v) is 8.38. The van der Waals surface area contributed by atoms with Crippen LogP contribution in [0.2, 0.25) is 0 Å². The third-order valence-corrected chi connectivity index (χ3v) is 3.71. The van der Waals surface area contributed by atoms with Crippen molar-refractivity contribution in [2.24, 2.45) is 4.99 Å². The van der Waals surface area contributed by atoms with E-state index in [2.05, 4.69) is 9.98 Å². The van der Waals surface area contributed by atoms with Crippen molar-refractivity contribution in [1.29, 1.82) is 0 Å². The Morgan fingerprint density at radius 2 is 1.86 bits per heavy atom. The predicted molar refractivity (Wildman–Crippen MR) is 99.3 cm³/mol. The molecular formula is C20H19F3N2O3. The van der Waals surface area contributed by atoms with Crippen LogP contribution in [0.15, 0.2) is 53.7 Å². The molecule has 0 radical (unpaired) electrons. The van der Waals surface area contributed by atoms with E-state index in [1.165, 1.54) is 14.2 Å². The molecule has 0 saturated carbocycles. The lowest BCUT2D eigenvalue weighted by Crippen LogP contribution is -2.15. The summed E-state index contributed by atoms with van der Waals surface area (Å²) in [4.78, 5) is 19.6. The summed E-state index contributed by atoms with van der Waals surface area (Å²) in [5.74, 6) is -0.296. The Labute approximate surface area is 160 Å². The minimum Gasteiger partial charge on any atom is -0.465 e. The SMILES string of the molecule is CC/C=C(\C(=NC)Oc1ccc(C(F)(F)F)nc1)c1ccccc1C(=O)OC. The van der Waals surface area contributed by atoms with E-state index in [0.717, 1.165) is 18.3 Å². The van der Waals surface area contributed by atoms with Crippen LogP contribution >= 0.6 is 0 Å². The van der Waals surface area contributed by atoms with Crippen molar-refractivity contribution in [3.05, 3.63) is 65.5 Å². The highest BCUT2D eigenvalue weighted by Gasteiger charge is 2.32. The topological polar surface area (TPSA) is 60.8 Å². The Kier molecular flexibility index (Phi) is 6.92. The molecule has 0 amide bonds. The molecular weight excluding hydrogens is 373 g/mol. The minimum atomic E-state index is -4.53. The number of carbonyl (C=O) groups is 1. The Balaban J connectivity index is 2.40. The number of benzene rings is 1. The van der Waals surface area contributed by atoms with E-state index in [4.69, 9.17) is 9.47 Å². The van der Waals surface area contributed by atoms with Crippen molar-refractivity contribution in [3.8, 4) is 5.75 Å². The molecule has 0 aliphatic heterocycles. The van der Waals surface area contributed by atoms with Gasteiger partial charge in [-0.25, -0.2) is 9.78 Å². The van der Waals surface area contributed by atoms with E-state index in [-0.39, 0.29) is 11.6 Å². The summed E-state index contributed by atoms with van der Waals surface area (Å²) in [6.45, 7) is 1.90. The quantitative estimate of drug-likeness (QED) is 0.417. The monoisotopic (exact) mass is 392 g/mol. The Bertz CT molecular complexity index is 888. The molecule has 0 N–H and O–H groups in total. The fourth-order valence-corrected chi connectivity index (χ4v) is 2.46. The zero-order valence-corrected chi connectivity index (χ0v) is 15.6. The number of allylic oxidation sites excluding steroid dienone is 1. The molecule has 0 aliphatic rings. The number of aromatic nitrogens is 1. The second-order valence-corrected chi connectivity index (χ2v) is 5.57. The number of esters is 1. The lowest BCUT2D eigenvalue weighted by Gasteiger charge is -2.15. The molecule has 0 aliphatic carbocycles. The van der Waals surface area contributed by atoms with Gasteiger partial charge in [0.15, 0.2) is 0 Å². The first-order chi connectivity index (χ1) is 13.3. The molecule has 8 heteroatoms. The third kappa shape index (κ3) is 4.97. The van der Waals surface area contributed by atoms with Crippen LogP contribution in [0.1, 0.15) is 35.0 Å². The van der Waals surface area contributed by atoms with Crippen LogP contribution in [-0.4, -0.2) is 31.0 Å². The number of carbonyl (C=O) groups excluding carboxylic acids is 1. The summed E-state index contributed by atoms with van der Waals surface area (Å²) in [6.07, 6.45) is -1.14. The molecule has 1 aromatic carbocycles. The molecule has 28 heavy (non-hydrogen) atoms. The molecule has 2 rings (SSSR count). The molecule has 1 aromatic heterocycles. The van der Waals surface area contributed by atoms with Gasteiger partial charge in [0.05, 0.1) is 18.9 Å². The molecule has 1 heterocycles. The summed E-state index contributed by atoms with van der Waals surface area (Å²) in [5.41, 5.74) is 0.359. The summed E-state index contributed by atoms with van der Waals surface area (Å²) < 4.78 is 48.5. The number of hydrogen-bond acceptors (Lipinski definition) is 5. The number of methoxy groups -OCH3 is 1. The van der Waals surface area contributed by atoms with E-state index in [1.807, 2.05) is 13.0 Å². The number of halogens is 3. The van der Waals surface area contributed by atoms with Crippen LogP contribution in [0.3, 0.4) is 0 Å². The van der Waals surface area contributed by atoms with Gasteiger partial charge in [-0.2, -0.15) is 13.2 Å².